The van der Waals surface area contributed by atoms with Gasteiger partial charge in [0.15, 0.2) is 11.5 Å². The summed E-state index contributed by atoms with van der Waals surface area (Å²) in [6.45, 7) is 4.66. The summed E-state index contributed by atoms with van der Waals surface area (Å²) >= 11 is 3.49. The molecule has 1 aliphatic rings. The normalized spacial score (nSPS) is 23.1. The van der Waals surface area contributed by atoms with E-state index in [1.165, 1.54) is 12.8 Å². The van der Waals surface area contributed by atoms with Crippen molar-refractivity contribution < 1.29 is 0 Å². The number of benzene rings is 1. The van der Waals surface area contributed by atoms with Crippen LogP contribution in [0.15, 0.2) is 34.9 Å². The molecule has 1 aliphatic carbocycles. The van der Waals surface area contributed by atoms with Gasteiger partial charge in [-0.05, 0) is 30.4 Å². The molecule has 3 aromatic rings. The van der Waals surface area contributed by atoms with Gasteiger partial charge in [0.1, 0.15) is 17.3 Å². The van der Waals surface area contributed by atoms with Crippen molar-refractivity contribution in [3.05, 3.63) is 40.5 Å². The standard InChI is InChI=1S/C20H22BrN5/c1-12-4-3-5-17(13(12)2)24-20-18(14-6-8-16(21)9-7-14)25-19-15(10-22)11-23-26(19)20/h6-9,11-13,17,23-24H,3-5H2,1-2H3/t12-,13+,17+/m1/s1. The molecule has 26 heavy (non-hydrogen) atoms. The second-order valence-electron chi connectivity index (χ2n) is 7.29. The number of H-pyrrole nitrogens is 1. The minimum absolute atomic E-state index is 0.404. The monoisotopic (exact) mass is 411 g/mol. The number of hydrogen-bond acceptors (Lipinski definition) is 3. The van der Waals surface area contributed by atoms with Crippen molar-refractivity contribution in [2.24, 2.45) is 11.8 Å². The van der Waals surface area contributed by atoms with E-state index in [9.17, 15) is 5.26 Å². The third kappa shape index (κ3) is 2.90. The first-order chi connectivity index (χ1) is 12.6. The quantitative estimate of drug-likeness (QED) is 0.621. The number of rotatable bonds is 3. The zero-order valence-electron chi connectivity index (χ0n) is 15.0. The molecule has 0 radical (unpaired) electrons. The molecule has 4 rings (SSSR count). The smallest absolute Gasteiger partial charge is 0.173 e. The summed E-state index contributed by atoms with van der Waals surface area (Å²) in [5.41, 5.74) is 3.14. The van der Waals surface area contributed by atoms with E-state index in [0.717, 1.165) is 28.0 Å². The van der Waals surface area contributed by atoms with Crippen LogP contribution in [0, 0.1) is 23.2 Å². The first kappa shape index (κ1) is 17.2. The fraction of sp³-hybridized carbons (Fsp3) is 0.400. The molecule has 6 heteroatoms. The molecular formula is C20H22BrN5. The van der Waals surface area contributed by atoms with Gasteiger partial charge in [-0.25, -0.2) is 9.50 Å². The van der Waals surface area contributed by atoms with Gasteiger partial charge in [0.05, 0.1) is 0 Å². The summed E-state index contributed by atoms with van der Waals surface area (Å²) in [6, 6.07) is 10.8. The van der Waals surface area contributed by atoms with Crippen molar-refractivity contribution in [2.75, 3.05) is 5.32 Å². The predicted molar refractivity (Wildman–Crippen MR) is 107 cm³/mol. The predicted octanol–water partition coefficient (Wildman–Crippen LogP) is 5.20. The highest BCUT2D eigenvalue weighted by Crippen LogP contribution is 2.35. The largest absolute Gasteiger partial charge is 0.365 e. The molecule has 3 atom stereocenters. The number of halogens is 1. The lowest BCUT2D eigenvalue weighted by molar-refractivity contribution is 0.252. The SMILES string of the molecule is C[C@H]1[C@H](C)CCC[C@@H]1Nc1c(-c2ccc(Br)cc2)nc2c(C#N)c[nH]n12. The summed E-state index contributed by atoms with van der Waals surface area (Å²) in [4.78, 5) is 4.78. The van der Waals surface area contributed by atoms with Crippen molar-refractivity contribution in [1.29, 1.82) is 5.26 Å². The number of imidazole rings is 1. The van der Waals surface area contributed by atoms with Crippen molar-refractivity contribution in [3.8, 4) is 17.3 Å². The van der Waals surface area contributed by atoms with Crippen LogP contribution in [0.1, 0.15) is 38.7 Å². The Bertz CT molecular complexity index is 963. The van der Waals surface area contributed by atoms with E-state index < -0.39 is 0 Å². The molecule has 0 aliphatic heterocycles. The maximum Gasteiger partial charge on any atom is 0.173 e. The van der Waals surface area contributed by atoms with E-state index in [2.05, 4.69) is 58.4 Å². The summed E-state index contributed by atoms with van der Waals surface area (Å²) in [5, 5.41) is 16.3. The summed E-state index contributed by atoms with van der Waals surface area (Å²) in [5.74, 6) is 2.24. The van der Waals surface area contributed by atoms with E-state index in [0.29, 0.717) is 29.1 Å². The van der Waals surface area contributed by atoms with Crippen LogP contribution in [0.5, 0.6) is 0 Å². The van der Waals surface area contributed by atoms with Gasteiger partial charge in [0, 0.05) is 22.3 Å². The third-order valence-electron chi connectivity index (χ3n) is 5.72. The van der Waals surface area contributed by atoms with Crippen molar-refractivity contribution in [2.45, 2.75) is 39.2 Å². The molecule has 0 spiro atoms. The molecule has 0 amide bonds. The number of hydrogen-bond donors (Lipinski definition) is 2. The van der Waals surface area contributed by atoms with Crippen LogP contribution >= 0.6 is 15.9 Å². The van der Waals surface area contributed by atoms with Crippen LogP contribution in [-0.4, -0.2) is 20.6 Å². The molecule has 0 unspecified atom stereocenters. The van der Waals surface area contributed by atoms with Crippen molar-refractivity contribution >= 4 is 27.4 Å². The van der Waals surface area contributed by atoms with Crippen LogP contribution < -0.4 is 5.32 Å². The average molecular weight is 412 g/mol. The molecule has 0 bridgehead atoms. The number of nitrogens with zero attached hydrogens (tertiary/aromatic N) is 3. The van der Waals surface area contributed by atoms with Gasteiger partial charge in [-0.15, -0.1) is 0 Å². The summed E-state index contributed by atoms with van der Waals surface area (Å²) in [7, 11) is 0. The Labute approximate surface area is 161 Å². The molecule has 1 aromatic carbocycles. The van der Waals surface area contributed by atoms with Gasteiger partial charge in [0.25, 0.3) is 0 Å². The first-order valence-electron chi connectivity index (χ1n) is 9.11. The molecule has 5 nitrogen and oxygen atoms in total. The number of nitriles is 1. The molecular weight excluding hydrogens is 390 g/mol. The maximum absolute atomic E-state index is 9.38. The van der Waals surface area contributed by atoms with Crippen LogP contribution in [0.25, 0.3) is 16.9 Å². The number of anilines is 1. The van der Waals surface area contributed by atoms with Crippen LogP contribution in [0.3, 0.4) is 0 Å². The Hall–Kier alpha value is -2.26. The Morgan fingerprint density at radius 2 is 2.04 bits per heavy atom. The van der Waals surface area contributed by atoms with E-state index >= 15 is 0 Å². The Kier molecular flexibility index (Phi) is 4.49. The third-order valence-corrected chi connectivity index (χ3v) is 6.25. The first-order valence-corrected chi connectivity index (χ1v) is 9.90. The van der Waals surface area contributed by atoms with Gasteiger partial charge in [-0.3, -0.25) is 5.10 Å². The molecule has 2 N–H and O–H groups in total. The second kappa shape index (κ2) is 6.81. The number of fused-ring (bicyclic) bond motifs is 1. The highest BCUT2D eigenvalue weighted by atomic mass is 79.9. The fourth-order valence-corrected chi connectivity index (χ4v) is 4.17. The minimum atomic E-state index is 0.404. The van der Waals surface area contributed by atoms with E-state index in [1.54, 1.807) is 6.20 Å². The van der Waals surface area contributed by atoms with Gasteiger partial charge >= 0.3 is 0 Å². The highest BCUT2D eigenvalue weighted by molar-refractivity contribution is 9.10. The second-order valence-corrected chi connectivity index (χ2v) is 8.21. The van der Waals surface area contributed by atoms with Gasteiger partial charge in [0.2, 0.25) is 0 Å². The van der Waals surface area contributed by atoms with Crippen LogP contribution in [0.2, 0.25) is 0 Å². The van der Waals surface area contributed by atoms with E-state index in [4.69, 9.17) is 4.98 Å². The number of aromatic nitrogens is 3. The Morgan fingerprint density at radius 1 is 1.27 bits per heavy atom. The van der Waals surface area contributed by atoms with Crippen molar-refractivity contribution in [3.63, 3.8) is 0 Å². The maximum atomic E-state index is 9.38. The molecule has 1 fully saturated rings. The van der Waals surface area contributed by atoms with Crippen LogP contribution in [-0.2, 0) is 0 Å². The number of aromatic amines is 1. The average Bonchev–Trinajstić information content (AvgIpc) is 3.19. The zero-order chi connectivity index (χ0) is 18.3. The van der Waals surface area contributed by atoms with E-state index in [-0.39, 0.29) is 0 Å². The van der Waals surface area contributed by atoms with Crippen molar-refractivity contribution in [1.82, 2.24) is 14.6 Å². The van der Waals surface area contributed by atoms with Crippen LogP contribution in [0.4, 0.5) is 5.82 Å². The Balaban J connectivity index is 1.80. The lowest BCUT2D eigenvalue weighted by Gasteiger charge is -2.35. The fourth-order valence-electron chi connectivity index (χ4n) is 3.91. The minimum Gasteiger partial charge on any atom is -0.365 e. The summed E-state index contributed by atoms with van der Waals surface area (Å²) < 4.78 is 2.94. The molecule has 1 saturated carbocycles. The molecule has 2 aromatic heterocycles. The molecule has 2 heterocycles. The van der Waals surface area contributed by atoms with Gasteiger partial charge < -0.3 is 5.32 Å². The van der Waals surface area contributed by atoms with Gasteiger partial charge in [-0.1, -0.05) is 54.8 Å². The zero-order valence-corrected chi connectivity index (χ0v) is 16.5. The van der Waals surface area contributed by atoms with Gasteiger partial charge in [-0.2, -0.15) is 5.26 Å². The highest BCUT2D eigenvalue weighted by Gasteiger charge is 2.29. The number of nitrogens with one attached hydrogen (secondary N) is 2. The summed E-state index contributed by atoms with van der Waals surface area (Å²) in [6.07, 6.45) is 5.41. The lowest BCUT2D eigenvalue weighted by atomic mass is 9.78. The molecule has 0 saturated heterocycles. The lowest BCUT2D eigenvalue weighted by Crippen LogP contribution is -2.35. The Morgan fingerprint density at radius 3 is 2.77 bits per heavy atom. The van der Waals surface area contributed by atoms with E-state index in [1.807, 2.05) is 16.6 Å². The topological polar surface area (TPSA) is 68.9 Å². The molecule has 134 valence electrons.